The molecule has 0 aliphatic carbocycles. The number of aromatic nitrogens is 1. The highest BCUT2D eigenvalue weighted by Crippen LogP contribution is 2.29. The molecule has 0 spiro atoms. The highest BCUT2D eigenvalue weighted by molar-refractivity contribution is 7.22. The van der Waals surface area contributed by atoms with Gasteiger partial charge in [-0.2, -0.15) is 13.2 Å². The Kier molecular flexibility index (Phi) is 4.78. The van der Waals surface area contributed by atoms with Crippen LogP contribution in [0.15, 0.2) is 18.2 Å². The van der Waals surface area contributed by atoms with Crippen LogP contribution in [0.4, 0.5) is 18.3 Å². The third-order valence-corrected chi connectivity index (χ3v) is 5.15. The Bertz CT molecular complexity index is 736. The monoisotopic (exact) mass is 357 g/mol. The Labute approximate surface area is 141 Å². The van der Waals surface area contributed by atoms with Crippen LogP contribution in [0.25, 0.3) is 10.2 Å². The highest BCUT2D eigenvalue weighted by atomic mass is 32.1. The average Bonchev–Trinajstić information content (AvgIpc) is 2.90. The first-order chi connectivity index (χ1) is 11.3. The number of benzene rings is 1. The van der Waals surface area contributed by atoms with Gasteiger partial charge in [-0.05, 0) is 49.5 Å². The molecule has 4 nitrogen and oxygen atoms in total. The largest absolute Gasteiger partial charge is 0.471 e. The second-order valence-electron chi connectivity index (χ2n) is 6.23. The van der Waals surface area contributed by atoms with E-state index in [0.717, 1.165) is 47.2 Å². The molecule has 1 saturated heterocycles. The standard InChI is InChI=1S/C16H18F3N3OS/c1-10-4-6-22(7-5-10)9-11-2-3-12-13(8-11)24-15(20-12)21-14(23)16(17,18)19/h2-3,8,10H,4-7,9H2,1H3,(H,20,21,23). The normalized spacial score (nSPS) is 17.3. The number of fused-ring (bicyclic) bond motifs is 1. The van der Waals surface area contributed by atoms with Gasteiger partial charge < -0.3 is 0 Å². The van der Waals surface area contributed by atoms with Crippen molar-refractivity contribution >= 4 is 32.6 Å². The Morgan fingerprint density at radius 1 is 1.38 bits per heavy atom. The molecule has 2 aromatic rings. The summed E-state index contributed by atoms with van der Waals surface area (Å²) < 4.78 is 37.7. The second kappa shape index (κ2) is 6.68. The number of amides is 1. The van der Waals surface area contributed by atoms with Crippen molar-refractivity contribution in [2.24, 2.45) is 5.92 Å². The van der Waals surface area contributed by atoms with Crippen molar-refractivity contribution in [1.82, 2.24) is 9.88 Å². The van der Waals surface area contributed by atoms with Gasteiger partial charge in [-0.15, -0.1) is 0 Å². The number of anilines is 1. The van der Waals surface area contributed by atoms with Crippen molar-refractivity contribution < 1.29 is 18.0 Å². The van der Waals surface area contributed by atoms with Crippen LogP contribution in [0.2, 0.25) is 0 Å². The van der Waals surface area contributed by atoms with Crippen LogP contribution in [-0.2, 0) is 11.3 Å². The fourth-order valence-electron chi connectivity index (χ4n) is 2.77. The molecule has 0 atom stereocenters. The summed E-state index contributed by atoms with van der Waals surface area (Å²) in [5.74, 6) is -1.23. The Morgan fingerprint density at radius 2 is 2.08 bits per heavy atom. The number of hydrogen-bond acceptors (Lipinski definition) is 4. The molecule has 0 bridgehead atoms. The van der Waals surface area contributed by atoms with Crippen LogP contribution in [0.3, 0.4) is 0 Å². The maximum Gasteiger partial charge on any atom is 0.471 e. The van der Waals surface area contributed by atoms with E-state index in [2.05, 4.69) is 16.8 Å². The third-order valence-electron chi connectivity index (χ3n) is 4.21. The lowest BCUT2D eigenvalue weighted by Crippen LogP contribution is -2.32. The van der Waals surface area contributed by atoms with Crippen molar-refractivity contribution in [3.05, 3.63) is 23.8 Å². The SMILES string of the molecule is CC1CCN(Cc2ccc3nc(NC(=O)C(F)(F)F)sc3c2)CC1. The number of halogens is 3. The van der Waals surface area contributed by atoms with Crippen molar-refractivity contribution in [3.63, 3.8) is 0 Å². The minimum Gasteiger partial charge on any atom is -0.299 e. The topological polar surface area (TPSA) is 45.2 Å². The number of hydrogen-bond donors (Lipinski definition) is 1. The van der Waals surface area contributed by atoms with Crippen molar-refractivity contribution in [3.8, 4) is 0 Å². The lowest BCUT2D eigenvalue weighted by molar-refractivity contribution is -0.167. The second-order valence-corrected chi connectivity index (χ2v) is 7.26. The quantitative estimate of drug-likeness (QED) is 0.902. The van der Waals surface area contributed by atoms with Crippen LogP contribution in [0, 0.1) is 5.92 Å². The summed E-state index contributed by atoms with van der Waals surface area (Å²) in [6.07, 6.45) is -2.53. The molecule has 1 aromatic carbocycles. The predicted octanol–water partition coefficient (Wildman–Crippen LogP) is 4.03. The molecule has 0 saturated carbocycles. The third kappa shape index (κ3) is 4.05. The minimum absolute atomic E-state index is 0.0312. The van der Waals surface area contributed by atoms with Crippen LogP contribution in [0.1, 0.15) is 25.3 Å². The first-order valence-electron chi connectivity index (χ1n) is 7.81. The summed E-state index contributed by atoms with van der Waals surface area (Å²) >= 11 is 1.06. The predicted molar refractivity (Wildman–Crippen MR) is 88.0 cm³/mol. The molecule has 0 unspecified atom stereocenters. The molecule has 24 heavy (non-hydrogen) atoms. The van der Waals surface area contributed by atoms with E-state index >= 15 is 0 Å². The number of rotatable bonds is 3. The summed E-state index contributed by atoms with van der Waals surface area (Å²) in [5.41, 5.74) is 1.70. The van der Waals surface area contributed by atoms with E-state index in [1.165, 1.54) is 12.8 Å². The molecule has 130 valence electrons. The molecule has 2 heterocycles. The van der Waals surface area contributed by atoms with Crippen LogP contribution in [-0.4, -0.2) is 35.1 Å². The van der Waals surface area contributed by atoms with Gasteiger partial charge in [0.15, 0.2) is 5.13 Å². The van der Waals surface area contributed by atoms with E-state index in [0.29, 0.717) is 5.52 Å². The molecule has 0 radical (unpaired) electrons. The fraction of sp³-hybridized carbons (Fsp3) is 0.500. The van der Waals surface area contributed by atoms with E-state index in [1.807, 2.05) is 17.4 Å². The van der Waals surface area contributed by atoms with Crippen LogP contribution >= 0.6 is 11.3 Å². The van der Waals surface area contributed by atoms with E-state index in [9.17, 15) is 18.0 Å². The zero-order valence-electron chi connectivity index (χ0n) is 13.2. The number of nitrogens with zero attached hydrogens (tertiary/aromatic N) is 2. The molecule has 1 aliphatic heterocycles. The molecule has 3 rings (SSSR count). The van der Waals surface area contributed by atoms with Crippen molar-refractivity contribution in [1.29, 1.82) is 0 Å². The number of nitrogens with one attached hydrogen (secondary N) is 1. The summed E-state index contributed by atoms with van der Waals surface area (Å²) in [4.78, 5) is 17.4. The van der Waals surface area contributed by atoms with Crippen LogP contribution < -0.4 is 5.32 Å². The van der Waals surface area contributed by atoms with E-state index in [-0.39, 0.29) is 5.13 Å². The summed E-state index contributed by atoms with van der Waals surface area (Å²) in [7, 11) is 0. The number of carbonyl (C=O) groups excluding carboxylic acids is 1. The number of thiazole rings is 1. The maximum atomic E-state index is 12.3. The number of carbonyl (C=O) groups is 1. The van der Waals surface area contributed by atoms with Gasteiger partial charge in [-0.1, -0.05) is 24.3 Å². The molecular formula is C16H18F3N3OS. The number of piperidine rings is 1. The zero-order chi connectivity index (χ0) is 17.3. The van der Waals surface area contributed by atoms with Crippen LogP contribution in [0.5, 0.6) is 0 Å². The Balaban J connectivity index is 1.71. The maximum absolute atomic E-state index is 12.3. The smallest absolute Gasteiger partial charge is 0.299 e. The van der Waals surface area contributed by atoms with Gasteiger partial charge in [-0.25, -0.2) is 4.98 Å². The summed E-state index contributed by atoms with van der Waals surface area (Å²) in [6, 6.07) is 5.67. The van der Waals surface area contributed by atoms with Crippen molar-refractivity contribution in [2.45, 2.75) is 32.5 Å². The lowest BCUT2D eigenvalue weighted by Gasteiger charge is -2.30. The molecule has 1 aromatic heterocycles. The summed E-state index contributed by atoms with van der Waals surface area (Å²) in [5, 5.41) is 1.78. The Morgan fingerprint density at radius 3 is 2.75 bits per heavy atom. The molecule has 1 fully saturated rings. The van der Waals surface area contributed by atoms with Gasteiger partial charge in [0, 0.05) is 6.54 Å². The van der Waals surface area contributed by atoms with Gasteiger partial charge >= 0.3 is 12.1 Å². The summed E-state index contributed by atoms with van der Waals surface area (Å²) in [6.45, 7) is 5.21. The first kappa shape index (κ1) is 17.2. The van der Waals surface area contributed by atoms with E-state index < -0.39 is 12.1 Å². The van der Waals surface area contributed by atoms with Gasteiger partial charge in [-0.3, -0.25) is 15.0 Å². The van der Waals surface area contributed by atoms with E-state index in [1.54, 1.807) is 6.07 Å². The van der Waals surface area contributed by atoms with Gasteiger partial charge in [0.25, 0.3) is 0 Å². The molecular weight excluding hydrogens is 339 g/mol. The molecule has 1 aliphatic rings. The number of alkyl halides is 3. The minimum atomic E-state index is -4.91. The van der Waals surface area contributed by atoms with Gasteiger partial charge in [0.1, 0.15) is 0 Å². The zero-order valence-corrected chi connectivity index (χ0v) is 14.0. The molecule has 1 amide bonds. The first-order valence-corrected chi connectivity index (χ1v) is 8.63. The molecule has 1 N–H and O–H groups in total. The Hall–Kier alpha value is -1.67. The number of likely N-dealkylation sites (tertiary alicyclic amines) is 1. The van der Waals surface area contributed by atoms with E-state index in [4.69, 9.17) is 0 Å². The fourth-order valence-corrected chi connectivity index (χ4v) is 3.69. The van der Waals surface area contributed by atoms with Gasteiger partial charge in [0.05, 0.1) is 10.2 Å². The average molecular weight is 357 g/mol. The van der Waals surface area contributed by atoms with Gasteiger partial charge in [0.2, 0.25) is 0 Å². The molecule has 8 heteroatoms. The van der Waals surface area contributed by atoms with Crippen molar-refractivity contribution in [2.75, 3.05) is 18.4 Å². The highest BCUT2D eigenvalue weighted by Gasteiger charge is 2.39. The lowest BCUT2D eigenvalue weighted by atomic mass is 9.99.